The van der Waals surface area contributed by atoms with Crippen LogP contribution in [0.4, 0.5) is 5.69 Å². The smallest absolute Gasteiger partial charge is 0.309 e. The highest BCUT2D eigenvalue weighted by molar-refractivity contribution is 9.10. The number of carbonyl (C=O) groups is 1. The lowest BCUT2D eigenvalue weighted by molar-refractivity contribution is -0.139. The Labute approximate surface area is 116 Å². The molecule has 0 radical (unpaired) electrons. The first-order chi connectivity index (χ1) is 8.61. The minimum Gasteiger partial charge on any atom is -0.469 e. The van der Waals surface area contributed by atoms with E-state index in [-0.39, 0.29) is 5.97 Å². The van der Waals surface area contributed by atoms with Gasteiger partial charge in [0.25, 0.3) is 0 Å². The first kappa shape index (κ1) is 13.4. The first-order valence-electron chi connectivity index (χ1n) is 6.26. The predicted octanol–water partition coefficient (Wildman–Crippen LogP) is 3.40. The Balaban J connectivity index is 2.34. The monoisotopic (exact) mass is 311 g/mol. The number of esters is 1. The third kappa shape index (κ3) is 2.86. The maximum absolute atomic E-state index is 11.5. The van der Waals surface area contributed by atoms with Crippen molar-refractivity contribution < 1.29 is 9.53 Å². The number of carbonyl (C=O) groups excluding carboxylic acids is 1. The van der Waals surface area contributed by atoms with Crippen LogP contribution in [-0.2, 0) is 16.0 Å². The molecule has 1 aromatic rings. The first-order valence-corrected chi connectivity index (χ1v) is 7.05. The summed E-state index contributed by atoms with van der Waals surface area (Å²) in [4.78, 5) is 11.5. The van der Waals surface area contributed by atoms with Crippen molar-refractivity contribution in [1.82, 2.24) is 0 Å². The van der Waals surface area contributed by atoms with Crippen LogP contribution in [0.1, 0.15) is 42.7 Å². The molecule has 1 saturated carbocycles. The highest BCUT2D eigenvalue weighted by Crippen LogP contribution is 2.38. The summed E-state index contributed by atoms with van der Waals surface area (Å²) in [6.07, 6.45) is 5.24. The van der Waals surface area contributed by atoms with Gasteiger partial charge < -0.3 is 10.5 Å². The number of methoxy groups -OCH3 is 1. The Hall–Kier alpha value is -1.03. The number of anilines is 1. The highest BCUT2D eigenvalue weighted by atomic mass is 79.9. The zero-order valence-corrected chi connectivity index (χ0v) is 12.1. The molecule has 0 saturated heterocycles. The summed E-state index contributed by atoms with van der Waals surface area (Å²) in [5.74, 6) is 0.345. The van der Waals surface area contributed by atoms with Gasteiger partial charge in [-0.3, -0.25) is 4.79 Å². The average Bonchev–Trinajstić information content (AvgIpc) is 2.87. The Morgan fingerprint density at radius 2 is 2.11 bits per heavy atom. The van der Waals surface area contributed by atoms with Gasteiger partial charge in [0, 0.05) is 10.2 Å². The van der Waals surface area contributed by atoms with Crippen LogP contribution in [0.3, 0.4) is 0 Å². The Morgan fingerprint density at radius 3 is 2.72 bits per heavy atom. The molecule has 98 valence electrons. The number of rotatable bonds is 3. The third-order valence-corrected chi connectivity index (χ3v) is 4.30. The van der Waals surface area contributed by atoms with Gasteiger partial charge in [0.05, 0.1) is 13.5 Å². The standard InChI is InChI=1S/C14H18BrNO2/c1-18-14(17)7-10-6-13(16)12(15)8-11(10)9-4-2-3-5-9/h6,8-9H,2-5,7,16H2,1H3. The molecule has 0 aromatic heterocycles. The molecule has 0 amide bonds. The van der Waals surface area contributed by atoms with E-state index in [2.05, 4.69) is 22.0 Å². The van der Waals surface area contributed by atoms with E-state index in [4.69, 9.17) is 10.5 Å². The van der Waals surface area contributed by atoms with Crippen LogP contribution in [0.15, 0.2) is 16.6 Å². The number of benzene rings is 1. The summed E-state index contributed by atoms with van der Waals surface area (Å²) < 4.78 is 5.67. The minimum atomic E-state index is -0.212. The van der Waals surface area contributed by atoms with Crippen LogP contribution in [0.2, 0.25) is 0 Å². The molecule has 2 rings (SSSR count). The van der Waals surface area contributed by atoms with Gasteiger partial charge in [-0.25, -0.2) is 0 Å². The summed E-state index contributed by atoms with van der Waals surface area (Å²) in [6, 6.07) is 3.97. The van der Waals surface area contributed by atoms with E-state index in [0.717, 1.165) is 10.0 Å². The van der Waals surface area contributed by atoms with E-state index in [0.29, 0.717) is 18.0 Å². The van der Waals surface area contributed by atoms with E-state index in [1.807, 2.05) is 6.07 Å². The quantitative estimate of drug-likeness (QED) is 0.687. The third-order valence-electron chi connectivity index (χ3n) is 3.62. The molecule has 0 heterocycles. The molecular formula is C14H18BrNO2. The fourth-order valence-corrected chi connectivity index (χ4v) is 3.01. The fraction of sp³-hybridized carbons (Fsp3) is 0.500. The van der Waals surface area contributed by atoms with Crippen LogP contribution in [0.25, 0.3) is 0 Å². The second kappa shape index (κ2) is 5.74. The van der Waals surface area contributed by atoms with E-state index in [1.165, 1.54) is 38.4 Å². The number of nitrogen functional groups attached to an aromatic ring is 1. The zero-order valence-electron chi connectivity index (χ0n) is 10.5. The Morgan fingerprint density at radius 1 is 1.44 bits per heavy atom. The topological polar surface area (TPSA) is 52.3 Å². The molecule has 18 heavy (non-hydrogen) atoms. The van der Waals surface area contributed by atoms with Crippen LogP contribution in [0.5, 0.6) is 0 Å². The van der Waals surface area contributed by atoms with Crippen molar-refractivity contribution in [1.29, 1.82) is 0 Å². The van der Waals surface area contributed by atoms with Crippen molar-refractivity contribution in [2.45, 2.75) is 38.0 Å². The van der Waals surface area contributed by atoms with E-state index in [1.54, 1.807) is 0 Å². The fourth-order valence-electron chi connectivity index (χ4n) is 2.65. The summed E-state index contributed by atoms with van der Waals surface area (Å²) >= 11 is 3.47. The molecule has 0 unspecified atom stereocenters. The van der Waals surface area contributed by atoms with E-state index < -0.39 is 0 Å². The molecule has 3 nitrogen and oxygen atoms in total. The molecule has 1 fully saturated rings. The van der Waals surface area contributed by atoms with Gasteiger partial charge in [0.1, 0.15) is 0 Å². The van der Waals surface area contributed by atoms with E-state index in [9.17, 15) is 4.79 Å². The maximum Gasteiger partial charge on any atom is 0.309 e. The largest absolute Gasteiger partial charge is 0.469 e. The molecule has 0 bridgehead atoms. The average molecular weight is 312 g/mol. The normalized spacial score (nSPS) is 15.9. The van der Waals surface area contributed by atoms with E-state index >= 15 is 0 Å². The van der Waals surface area contributed by atoms with Gasteiger partial charge in [-0.15, -0.1) is 0 Å². The molecule has 1 aliphatic carbocycles. The summed E-state index contributed by atoms with van der Waals surface area (Å²) in [6.45, 7) is 0. The van der Waals surface area contributed by atoms with Gasteiger partial charge in [0.2, 0.25) is 0 Å². The summed E-state index contributed by atoms with van der Waals surface area (Å²) in [5, 5.41) is 0. The van der Waals surface area contributed by atoms with Crippen LogP contribution in [0, 0.1) is 0 Å². The lowest BCUT2D eigenvalue weighted by Crippen LogP contribution is -2.09. The van der Waals surface area contributed by atoms with Crippen LogP contribution >= 0.6 is 15.9 Å². The molecule has 0 atom stereocenters. The number of nitrogens with two attached hydrogens (primary N) is 1. The lowest BCUT2D eigenvalue weighted by Gasteiger charge is -2.16. The minimum absolute atomic E-state index is 0.212. The number of hydrogen-bond donors (Lipinski definition) is 1. The molecule has 1 aliphatic rings. The summed E-state index contributed by atoms with van der Waals surface area (Å²) in [5.41, 5.74) is 8.84. The zero-order chi connectivity index (χ0) is 13.1. The second-order valence-corrected chi connectivity index (χ2v) is 5.66. The van der Waals surface area contributed by atoms with Crippen molar-refractivity contribution in [3.05, 3.63) is 27.7 Å². The van der Waals surface area contributed by atoms with Crippen molar-refractivity contribution in [3.8, 4) is 0 Å². The van der Waals surface area contributed by atoms with Crippen molar-refractivity contribution >= 4 is 27.6 Å². The highest BCUT2D eigenvalue weighted by Gasteiger charge is 2.22. The van der Waals surface area contributed by atoms with Gasteiger partial charge in [-0.1, -0.05) is 12.8 Å². The van der Waals surface area contributed by atoms with Crippen LogP contribution in [-0.4, -0.2) is 13.1 Å². The van der Waals surface area contributed by atoms with Crippen molar-refractivity contribution in [2.24, 2.45) is 0 Å². The molecule has 1 aromatic carbocycles. The number of halogens is 1. The lowest BCUT2D eigenvalue weighted by atomic mass is 9.91. The molecular weight excluding hydrogens is 294 g/mol. The van der Waals surface area contributed by atoms with Crippen LogP contribution < -0.4 is 5.73 Å². The van der Waals surface area contributed by atoms with Gasteiger partial charge in [-0.05, 0) is 57.9 Å². The maximum atomic E-state index is 11.5. The van der Waals surface area contributed by atoms with Crippen molar-refractivity contribution in [2.75, 3.05) is 12.8 Å². The number of ether oxygens (including phenoxy) is 1. The molecule has 0 spiro atoms. The second-order valence-electron chi connectivity index (χ2n) is 4.81. The summed E-state index contributed by atoms with van der Waals surface area (Å²) in [7, 11) is 1.42. The molecule has 0 aliphatic heterocycles. The van der Waals surface area contributed by atoms with Crippen molar-refractivity contribution in [3.63, 3.8) is 0 Å². The Kier molecular flexibility index (Phi) is 4.27. The number of hydrogen-bond acceptors (Lipinski definition) is 3. The predicted molar refractivity (Wildman–Crippen MR) is 75.5 cm³/mol. The van der Waals surface area contributed by atoms with Gasteiger partial charge in [-0.2, -0.15) is 0 Å². The molecule has 4 heteroatoms. The van der Waals surface area contributed by atoms with Gasteiger partial charge >= 0.3 is 5.97 Å². The Bertz CT molecular complexity index is 453. The molecule has 2 N–H and O–H groups in total. The SMILES string of the molecule is COC(=O)Cc1cc(N)c(Br)cc1C1CCCC1. The van der Waals surface area contributed by atoms with Gasteiger partial charge in [0.15, 0.2) is 0 Å².